The summed E-state index contributed by atoms with van der Waals surface area (Å²) in [4.78, 5) is 11.4. The van der Waals surface area contributed by atoms with E-state index in [2.05, 4.69) is 49.8 Å². The molecule has 1 unspecified atom stereocenters. The lowest BCUT2D eigenvalue weighted by Gasteiger charge is -2.19. The van der Waals surface area contributed by atoms with Crippen molar-refractivity contribution in [3.8, 4) is 11.5 Å². The molecule has 1 aliphatic rings. The molecular formula is C25H32IN5O2. The number of nitrogens with one attached hydrogen (secondary N) is 2. The molecule has 1 atom stereocenters. The van der Waals surface area contributed by atoms with Gasteiger partial charge in [-0.15, -0.1) is 24.0 Å². The highest BCUT2D eigenvalue weighted by atomic mass is 127. The molecule has 1 aliphatic heterocycles. The van der Waals surface area contributed by atoms with E-state index >= 15 is 0 Å². The molecule has 33 heavy (non-hydrogen) atoms. The van der Waals surface area contributed by atoms with Crippen LogP contribution in [0.5, 0.6) is 11.5 Å². The predicted octanol–water partition coefficient (Wildman–Crippen LogP) is 3.81. The van der Waals surface area contributed by atoms with Crippen LogP contribution in [0.3, 0.4) is 0 Å². The molecule has 7 nitrogen and oxygen atoms in total. The molecule has 0 spiro atoms. The lowest BCUT2D eigenvalue weighted by atomic mass is 10.1. The number of aliphatic imine (C=N–C) groups is 1. The molecule has 176 valence electrons. The van der Waals surface area contributed by atoms with Crippen LogP contribution in [0.15, 0.2) is 59.7 Å². The first-order valence-electron chi connectivity index (χ1n) is 10.9. The Labute approximate surface area is 212 Å². The quantitative estimate of drug-likeness (QED) is 0.260. The van der Waals surface area contributed by atoms with Crippen LogP contribution in [-0.2, 0) is 13.1 Å². The summed E-state index contributed by atoms with van der Waals surface area (Å²) in [5, 5.41) is 9.35. The minimum atomic E-state index is 0. The third kappa shape index (κ3) is 6.48. The van der Waals surface area contributed by atoms with Crippen LogP contribution in [0, 0.1) is 0 Å². The van der Waals surface area contributed by atoms with Gasteiger partial charge in [0.05, 0.1) is 26.5 Å². The Morgan fingerprint density at radius 2 is 1.88 bits per heavy atom. The molecule has 0 radical (unpaired) electrons. The van der Waals surface area contributed by atoms with Crippen molar-refractivity contribution in [1.82, 2.24) is 20.5 Å². The largest absolute Gasteiger partial charge is 0.497 e. The van der Waals surface area contributed by atoms with E-state index in [0.717, 1.165) is 49.2 Å². The number of halogens is 1. The van der Waals surface area contributed by atoms with Gasteiger partial charge in [0.1, 0.15) is 11.5 Å². The second-order valence-corrected chi connectivity index (χ2v) is 7.99. The summed E-state index contributed by atoms with van der Waals surface area (Å²) in [6, 6.07) is 16.7. The Kier molecular flexibility index (Phi) is 9.13. The number of ether oxygens (including phenoxy) is 2. The normalized spacial score (nSPS) is 16.3. The van der Waals surface area contributed by atoms with Crippen molar-refractivity contribution in [2.75, 3.05) is 34.4 Å². The number of hydrogen-bond acceptors (Lipinski definition) is 5. The molecule has 0 saturated carbocycles. The third-order valence-corrected chi connectivity index (χ3v) is 5.83. The molecule has 8 heteroatoms. The second kappa shape index (κ2) is 12.0. The number of guanidine groups is 1. The zero-order valence-corrected chi connectivity index (χ0v) is 21.7. The Morgan fingerprint density at radius 1 is 1.12 bits per heavy atom. The predicted molar refractivity (Wildman–Crippen MR) is 144 cm³/mol. The van der Waals surface area contributed by atoms with Gasteiger partial charge in [-0.25, -0.2) is 0 Å². The van der Waals surface area contributed by atoms with Crippen LogP contribution in [0.1, 0.15) is 17.7 Å². The topological polar surface area (TPSA) is 71.0 Å². The third-order valence-electron chi connectivity index (χ3n) is 5.83. The minimum absolute atomic E-state index is 0. The molecule has 2 N–H and O–H groups in total. The number of likely N-dealkylation sites (tertiary alicyclic amines) is 1. The van der Waals surface area contributed by atoms with E-state index in [1.165, 1.54) is 16.3 Å². The second-order valence-electron chi connectivity index (χ2n) is 7.99. The van der Waals surface area contributed by atoms with Gasteiger partial charge in [0.2, 0.25) is 0 Å². The Bertz CT molecular complexity index is 1060. The summed E-state index contributed by atoms with van der Waals surface area (Å²) < 4.78 is 10.8. The van der Waals surface area contributed by atoms with E-state index in [1.54, 1.807) is 21.3 Å². The van der Waals surface area contributed by atoms with Crippen molar-refractivity contribution in [2.45, 2.75) is 25.6 Å². The summed E-state index contributed by atoms with van der Waals surface area (Å²) in [6.45, 7) is 3.46. The Balaban J connectivity index is 0.00000306. The summed E-state index contributed by atoms with van der Waals surface area (Å²) in [5.74, 6) is 2.44. The van der Waals surface area contributed by atoms with Crippen molar-refractivity contribution in [3.05, 3.63) is 66.0 Å². The average molecular weight is 561 g/mol. The van der Waals surface area contributed by atoms with Crippen LogP contribution in [0.2, 0.25) is 0 Å². The van der Waals surface area contributed by atoms with Gasteiger partial charge in [-0.3, -0.25) is 14.9 Å². The molecule has 0 amide bonds. The van der Waals surface area contributed by atoms with Crippen LogP contribution >= 0.6 is 24.0 Å². The van der Waals surface area contributed by atoms with E-state index in [0.29, 0.717) is 12.6 Å². The first-order valence-corrected chi connectivity index (χ1v) is 10.9. The first kappa shape index (κ1) is 25.0. The van der Waals surface area contributed by atoms with Crippen LogP contribution in [-0.4, -0.2) is 56.2 Å². The fourth-order valence-corrected chi connectivity index (χ4v) is 4.19. The highest BCUT2D eigenvalue weighted by Crippen LogP contribution is 2.24. The lowest BCUT2D eigenvalue weighted by Crippen LogP contribution is -2.44. The van der Waals surface area contributed by atoms with Crippen molar-refractivity contribution in [2.24, 2.45) is 4.99 Å². The molecule has 1 saturated heterocycles. The fourth-order valence-electron chi connectivity index (χ4n) is 4.19. The fraction of sp³-hybridized carbons (Fsp3) is 0.360. The number of nitrogens with zero attached hydrogens (tertiary/aromatic N) is 3. The number of hydrogen-bond donors (Lipinski definition) is 2. The van der Waals surface area contributed by atoms with E-state index in [9.17, 15) is 0 Å². The molecule has 0 aliphatic carbocycles. The number of methoxy groups -OCH3 is 2. The van der Waals surface area contributed by atoms with E-state index < -0.39 is 0 Å². The van der Waals surface area contributed by atoms with Gasteiger partial charge in [-0.2, -0.15) is 0 Å². The SMILES string of the molecule is CN=C(NCc1nccc2ccccc12)NC1CCN(Cc2cc(OC)cc(OC)c2)C1.I. The van der Waals surface area contributed by atoms with Crippen LogP contribution in [0.4, 0.5) is 0 Å². The van der Waals surface area contributed by atoms with Crippen molar-refractivity contribution >= 4 is 40.7 Å². The molecule has 4 rings (SSSR count). The van der Waals surface area contributed by atoms with Gasteiger partial charge in [0.25, 0.3) is 0 Å². The van der Waals surface area contributed by atoms with Gasteiger partial charge >= 0.3 is 0 Å². The van der Waals surface area contributed by atoms with Gasteiger partial charge in [0, 0.05) is 50.4 Å². The van der Waals surface area contributed by atoms with E-state index in [1.807, 2.05) is 30.5 Å². The number of pyridine rings is 1. The van der Waals surface area contributed by atoms with Crippen molar-refractivity contribution < 1.29 is 9.47 Å². The number of rotatable bonds is 7. The number of benzene rings is 2. The molecule has 3 aromatic rings. The molecule has 2 aromatic carbocycles. The number of aromatic nitrogens is 1. The van der Waals surface area contributed by atoms with Gasteiger partial charge in [0.15, 0.2) is 5.96 Å². The molecule has 1 fully saturated rings. The van der Waals surface area contributed by atoms with E-state index in [-0.39, 0.29) is 24.0 Å². The Hall–Kier alpha value is -2.59. The Morgan fingerprint density at radius 3 is 2.61 bits per heavy atom. The molecule has 0 bridgehead atoms. The van der Waals surface area contributed by atoms with Crippen molar-refractivity contribution in [3.63, 3.8) is 0 Å². The average Bonchev–Trinajstić information content (AvgIpc) is 3.27. The molecule has 1 aromatic heterocycles. The highest BCUT2D eigenvalue weighted by Gasteiger charge is 2.23. The minimum Gasteiger partial charge on any atom is -0.497 e. The maximum atomic E-state index is 5.40. The number of fused-ring (bicyclic) bond motifs is 1. The highest BCUT2D eigenvalue weighted by molar-refractivity contribution is 14.0. The van der Waals surface area contributed by atoms with Crippen LogP contribution < -0.4 is 20.1 Å². The summed E-state index contributed by atoms with van der Waals surface area (Å²) in [6.07, 6.45) is 2.92. The smallest absolute Gasteiger partial charge is 0.191 e. The summed E-state index contributed by atoms with van der Waals surface area (Å²) >= 11 is 0. The monoisotopic (exact) mass is 561 g/mol. The van der Waals surface area contributed by atoms with Gasteiger partial charge < -0.3 is 20.1 Å². The van der Waals surface area contributed by atoms with Gasteiger partial charge in [-0.1, -0.05) is 24.3 Å². The molecule has 2 heterocycles. The van der Waals surface area contributed by atoms with Gasteiger partial charge in [-0.05, 0) is 35.6 Å². The maximum absolute atomic E-state index is 5.40. The molecular weight excluding hydrogens is 529 g/mol. The standard InChI is InChI=1S/C25H31N5O2.HI/c1-26-25(28-15-24-23-7-5-4-6-19(23)8-10-27-24)29-20-9-11-30(17-20)16-18-12-21(31-2)14-22(13-18)32-3;/h4-8,10,12-14,20H,9,11,15-17H2,1-3H3,(H2,26,28,29);1H. The summed E-state index contributed by atoms with van der Waals surface area (Å²) in [7, 11) is 5.17. The van der Waals surface area contributed by atoms with E-state index in [4.69, 9.17) is 9.47 Å². The lowest BCUT2D eigenvalue weighted by molar-refractivity contribution is 0.321. The zero-order chi connectivity index (χ0) is 22.3. The maximum Gasteiger partial charge on any atom is 0.191 e. The van der Waals surface area contributed by atoms with Crippen LogP contribution in [0.25, 0.3) is 10.8 Å². The zero-order valence-electron chi connectivity index (χ0n) is 19.4. The summed E-state index contributed by atoms with van der Waals surface area (Å²) in [5.41, 5.74) is 2.21. The van der Waals surface area contributed by atoms with Crippen molar-refractivity contribution in [1.29, 1.82) is 0 Å². The first-order chi connectivity index (χ1) is 15.7.